The predicted molar refractivity (Wildman–Crippen MR) is 88.9 cm³/mol. The largest absolute Gasteiger partial charge is 0.316 e. The second-order valence-electron chi connectivity index (χ2n) is 6.37. The number of halogens is 2. The van der Waals surface area contributed by atoms with Gasteiger partial charge in [-0.25, -0.2) is 0 Å². The third-order valence-corrected chi connectivity index (χ3v) is 4.81. The quantitative estimate of drug-likeness (QED) is 0.729. The summed E-state index contributed by atoms with van der Waals surface area (Å²) in [5.74, 6) is 1.95. The number of rotatable bonds is 6. The van der Waals surface area contributed by atoms with Gasteiger partial charge in [0.1, 0.15) is 0 Å². The topological polar surface area (TPSA) is 12.0 Å². The van der Waals surface area contributed by atoms with Crippen LogP contribution in [0.4, 0.5) is 0 Å². The van der Waals surface area contributed by atoms with Crippen molar-refractivity contribution < 1.29 is 0 Å². The molecule has 2 rings (SSSR count). The molecule has 0 heterocycles. The van der Waals surface area contributed by atoms with Crippen LogP contribution in [-0.2, 0) is 0 Å². The summed E-state index contributed by atoms with van der Waals surface area (Å²) in [4.78, 5) is 0. The SMILES string of the molecule is CC(C)CNCC(c1ccc(Cl)cc1Cl)C1CCCC1. The van der Waals surface area contributed by atoms with E-state index >= 15 is 0 Å². The van der Waals surface area contributed by atoms with Gasteiger partial charge in [0, 0.05) is 22.5 Å². The molecular formula is C17H25Cl2N. The van der Waals surface area contributed by atoms with E-state index in [9.17, 15) is 0 Å². The van der Waals surface area contributed by atoms with Gasteiger partial charge < -0.3 is 5.32 Å². The molecule has 1 aliphatic rings. The molecular weight excluding hydrogens is 289 g/mol. The Kier molecular flexibility index (Phi) is 6.20. The van der Waals surface area contributed by atoms with Gasteiger partial charge in [-0.3, -0.25) is 0 Å². The Morgan fingerprint density at radius 3 is 2.45 bits per heavy atom. The summed E-state index contributed by atoms with van der Waals surface area (Å²) in [6.07, 6.45) is 5.37. The van der Waals surface area contributed by atoms with Crippen LogP contribution in [0.5, 0.6) is 0 Å². The van der Waals surface area contributed by atoms with Crippen molar-refractivity contribution in [2.45, 2.75) is 45.4 Å². The molecule has 0 aliphatic heterocycles. The highest BCUT2D eigenvalue weighted by Gasteiger charge is 2.27. The normalized spacial score (nSPS) is 17.9. The predicted octanol–water partition coefficient (Wildman–Crippen LogP) is 5.51. The number of nitrogens with one attached hydrogen (secondary N) is 1. The summed E-state index contributed by atoms with van der Waals surface area (Å²) >= 11 is 12.5. The zero-order chi connectivity index (χ0) is 14.5. The fraction of sp³-hybridized carbons (Fsp3) is 0.647. The second kappa shape index (κ2) is 7.68. The lowest BCUT2D eigenvalue weighted by molar-refractivity contribution is 0.400. The van der Waals surface area contributed by atoms with E-state index in [0.717, 1.165) is 29.1 Å². The minimum absolute atomic E-state index is 0.515. The number of hydrogen-bond acceptors (Lipinski definition) is 1. The lowest BCUT2D eigenvalue weighted by Gasteiger charge is -2.26. The zero-order valence-corrected chi connectivity index (χ0v) is 14.0. The molecule has 0 spiro atoms. The Hall–Kier alpha value is -0.240. The minimum atomic E-state index is 0.515. The molecule has 1 saturated carbocycles. The smallest absolute Gasteiger partial charge is 0.0456 e. The molecule has 1 atom stereocenters. The van der Waals surface area contributed by atoms with Crippen LogP contribution in [0, 0.1) is 11.8 Å². The van der Waals surface area contributed by atoms with Crippen molar-refractivity contribution in [3.8, 4) is 0 Å². The molecule has 20 heavy (non-hydrogen) atoms. The molecule has 0 bridgehead atoms. The van der Waals surface area contributed by atoms with Gasteiger partial charge in [-0.1, -0.05) is 56.0 Å². The summed E-state index contributed by atoms with van der Waals surface area (Å²) in [7, 11) is 0. The Balaban J connectivity index is 2.12. The number of hydrogen-bond donors (Lipinski definition) is 1. The highest BCUT2D eigenvalue weighted by molar-refractivity contribution is 6.35. The van der Waals surface area contributed by atoms with Gasteiger partial charge >= 0.3 is 0 Å². The Morgan fingerprint density at radius 2 is 1.85 bits per heavy atom. The molecule has 0 aromatic heterocycles. The fourth-order valence-corrected chi connectivity index (χ4v) is 3.77. The Bertz CT molecular complexity index is 425. The molecule has 1 aliphatic carbocycles. The van der Waals surface area contributed by atoms with Crippen LogP contribution >= 0.6 is 23.2 Å². The molecule has 1 fully saturated rings. The minimum Gasteiger partial charge on any atom is -0.316 e. The molecule has 1 aromatic rings. The molecule has 1 unspecified atom stereocenters. The molecule has 1 aromatic carbocycles. The average Bonchev–Trinajstić information content (AvgIpc) is 2.89. The zero-order valence-electron chi connectivity index (χ0n) is 12.5. The first-order valence-corrected chi connectivity index (χ1v) is 8.49. The van der Waals surface area contributed by atoms with Gasteiger partial charge in [0.2, 0.25) is 0 Å². The van der Waals surface area contributed by atoms with Gasteiger partial charge in [-0.05, 0) is 48.9 Å². The van der Waals surface area contributed by atoms with Crippen LogP contribution in [0.25, 0.3) is 0 Å². The molecule has 1 N–H and O–H groups in total. The summed E-state index contributed by atoms with van der Waals surface area (Å²) in [6, 6.07) is 5.96. The van der Waals surface area contributed by atoms with E-state index in [1.54, 1.807) is 0 Å². The summed E-state index contributed by atoms with van der Waals surface area (Å²) in [5.41, 5.74) is 1.26. The van der Waals surface area contributed by atoms with E-state index in [-0.39, 0.29) is 0 Å². The molecule has 112 valence electrons. The highest BCUT2D eigenvalue weighted by atomic mass is 35.5. The standard InChI is InChI=1S/C17H25Cl2N/c1-12(2)10-20-11-16(13-5-3-4-6-13)15-8-7-14(18)9-17(15)19/h7-9,12-13,16,20H,3-6,10-11H2,1-2H3. The van der Waals surface area contributed by atoms with Crippen molar-refractivity contribution in [1.82, 2.24) is 5.32 Å². The first-order valence-electron chi connectivity index (χ1n) is 7.73. The third-order valence-electron chi connectivity index (χ3n) is 4.25. The van der Waals surface area contributed by atoms with Crippen LogP contribution in [-0.4, -0.2) is 13.1 Å². The van der Waals surface area contributed by atoms with Crippen LogP contribution in [0.3, 0.4) is 0 Å². The Morgan fingerprint density at radius 1 is 1.15 bits per heavy atom. The van der Waals surface area contributed by atoms with E-state index in [1.807, 2.05) is 12.1 Å². The van der Waals surface area contributed by atoms with E-state index in [4.69, 9.17) is 23.2 Å². The lowest BCUT2D eigenvalue weighted by atomic mass is 9.84. The van der Waals surface area contributed by atoms with E-state index in [1.165, 1.54) is 31.2 Å². The monoisotopic (exact) mass is 313 g/mol. The van der Waals surface area contributed by atoms with Crippen molar-refractivity contribution >= 4 is 23.2 Å². The molecule has 0 amide bonds. The average molecular weight is 314 g/mol. The fourth-order valence-electron chi connectivity index (χ4n) is 3.22. The second-order valence-corrected chi connectivity index (χ2v) is 7.21. The summed E-state index contributed by atoms with van der Waals surface area (Å²) < 4.78 is 0. The third kappa shape index (κ3) is 4.38. The van der Waals surface area contributed by atoms with Gasteiger partial charge in [0.05, 0.1) is 0 Å². The first kappa shape index (κ1) is 16.1. The van der Waals surface area contributed by atoms with Crippen molar-refractivity contribution in [1.29, 1.82) is 0 Å². The van der Waals surface area contributed by atoms with Crippen LogP contribution < -0.4 is 5.32 Å². The van der Waals surface area contributed by atoms with E-state index < -0.39 is 0 Å². The molecule has 0 radical (unpaired) electrons. The van der Waals surface area contributed by atoms with Gasteiger partial charge in [0.25, 0.3) is 0 Å². The maximum atomic E-state index is 6.43. The molecule has 0 saturated heterocycles. The van der Waals surface area contributed by atoms with Gasteiger partial charge in [-0.2, -0.15) is 0 Å². The van der Waals surface area contributed by atoms with Crippen molar-refractivity contribution in [3.05, 3.63) is 33.8 Å². The van der Waals surface area contributed by atoms with Crippen LogP contribution in [0.1, 0.15) is 51.0 Å². The van der Waals surface area contributed by atoms with E-state index in [0.29, 0.717) is 11.8 Å². The lowest BCUT2D eigenvalue weighted by Crippen LogP contribution is -2.28. The van der Waals surface area contributed by atoms with Crippen LogP contribution in [0.2, 0.25) is 10.0 Å². The maximum absolute atomic E-state index is 6.43. The van der Waals surface area contributed by atoms with Crippen molar-refractivity contribution in [2.24, 2.45) is 11.8 Å². The molecule has 1 nitrogen and oxygen atoms in total. The van der Waals surface area contributed by atoms with E-state index in [2.05, 4.69) is 25.2 Å². The van der Waals surface area contributed by atoms with Crippen LogP contribution in [0.15, 0.2) is 18.2 Å². The maximum Gasteiger partial charge on any atom is 0.0456 e. The first-order chi connectivity index (χ1) is 9.58. The highest BCUT2D eigenvalue weighted by Crippen LogP contribution is 2.40. The Labute approximate surface area is 133 Å². The van der Waals surface area contributed by atoms with Crippen molar-refractivity contribution in [2.75, 3.05) is 13.1 Å². The number of benzene rings is 1. The summed E-state index contributed by atoms with van der Waals surface area (Å²) in [6.45, 7) is 6.57. The van der Waals surface area contributed by atoms with Crippen molar-refractivity contribution in [3.63, 3.8) is 0 Å². The molecule has 3 heteroatoms. The van der Waals surface area contributed by atoms with Gasteiger partial charge in [-0.15, -0.1) is 0 Å². The summed E-state index contributed by atoms with van der Waals surface area (Å²) in [5, 5.41) is 5.15. The van der Waals surface area contributed by atoms with Gasteiger partial charge in [0.15, 0.2) is 0 Å².